The summed E-state index contributed by atoms with van der Waals surface area (Å²) in [7, 11) is -3.95. The Labute approximate surface area is 158 Å². The second kappa shape index (κ2) is 7.64. The van der Waals surface area contributed by atoms with Crippen molar-refractivity contribution in [3.63, 3.8) is 0 Å². The first-order valence-corrected chi connectivity index (χ1v) is 9.89. The highest BCUT2D eigenvalue weighted by Gasteiger charge is 2.26. The predicted molar refractivity (Wildman–Crippen MR) is 101 cm³/mol. The molecule has 0 heterocycles. The average molecular weight is 382 g/mol. The zero-order valence-corrected chi connectivity index (χ0v) is 15.5. The van der Waals surface area contributed by atoms with E-state index in [2.05, 4.69) is 4.72 Å². The number of hydrogen-bond acceptors (Lipinski definition) is 5. The molecule has 2 aromatic carbocycles. The van der Waals surface area contributed by atoms with Crippen molar-refractivity contribution < 1.29 is 17.9 Å². The number of fused-ring (bicyclic) bond motifs is 1. The second-order valence-electron chi connectivity index (χ2n) is 6.18. The van der Waals surface area contributed by atoms with Crippen molar-refractivity contribution in [1.82, 2.24) is 4.72 Å². The largest absolute Gasteiger partial charge is 0.481 e. The smallest absolute Gasteiger partial charge is 0.274 e. The standard InChI is InChI=1S/C20H18N2O4S/c1-14(26-18-8-4-5-15(11-18)13-21)20(23)22-27(24,25)19-10-9-16-6-2-3-7-17(16)12-19/h2-8,11-12,14H,9-10H2,1H3,(H,22,23). The molecule has 0 radical (unpaired) electrons. The number of nitrogens with one attached hydrogen (secondary N) is 1. The number of nitrogens with zero attached hydrogens (tertiary/aromatic N) is 1. The number of allylic oxidation sites excluding steroid dienone is 1. The monoisotopic (exact) mass is 382 g/mol. The molecule has 0 bridgehead atoms. The van der Waals surface area contributed by atoms with Crippen LogP contribution >= 0.6 is 0 Å². The summed E-state index contributed by atoms with van der Waals surface area (Å²) >= 11 is 0. The van der Waals surface area contributed by atoms with Crippen LogP contribution in [0.15, 0.2) is 53.4 Å². The summed E-state index contributed by atoms with van der Waals surface area (Å²) in [5.74, 6) is -0.447. The van der Waals surface area contributed by atoms with Gasteiger partial charge in [-0.3, -0.25) is 4.79 Å². The topological polar surface area (TPSA) is 96.3 Å². The van der Waals surface area contributed by atoms with Crippen LogP contribution in [0, 0.1) is 11.3 Å². The van der Waals surface area contributed by atoms with E-state index in [9.17, 15) is 13.2 Å². The van der Waals surface area contributed by atoms with Gasteiger partial charge in [-0.05, 0) is 55.2 Å². The van der Waals surface area contributed by atoms with Crippen LogP contribution in [-0.4, -0.2) is 20.4 Å². The molecule has 1 aliphatic carbocycles. The van der Waals surface area contributed by atoms with Crippen molar-refractivity contribution in [2.45, 2.75) is 25.9 Å². The Bertz CT molecular complexity index is 1050. The third kappa shape index (κ3) is 4.36. The number of nitriles is 1. The minimum atomic E-state index is -3.95. The van der Waals surface area contributed by atoms with Gasteiger partial charge < -0.3 is 4.74 Å². The molecule has 0 aromatic heterocycles. The zero-order valence-electron chi connectivity index (χ0n) is 14.7. The molecule has 138 valence electrons. The van der Waals surface area contributed by atoms with E-state index in [4.69, 9.17) is 10.00 Å². The van der Waals surface area contributed by atoms with Gasteiger partial charge in [0.1, 0.15) is 5.75 Å². The zero-order chi connectivity index (χ0) is 19.4. The van der Waals surface area contributed by atoms with Gasteiger partial charge in [0.25, 0.3) is 15.9 Å². The molecule has 27 heavy (non-hydrogen) atoms. The molecule has 0 aliphatic heterocycles. The normalized spacial score (nSPS) is 14.3. The predicted octanol–water partition coefficient (Wildman–Crippen LogP) is 2.76. The third-order valence-electron chi connectivity index (χ3n) is 4.24. The fraction of sp³-hybridized carbons (Fsp3) is 0.200. The minimum absolute atomic E-state index is 0.174. The summed E-state index contributed by atoms with van der Waals surface area (Å²) in [6, 6.07) is 15.8. The van der Waals surface area contributed by atoms with E-state index in [0.29, 0.717) is 24.2 Å². The van der Waals surface area contributed by atoms with Gasteiger partial charge in [-0.1, -0.05) is 30.3 Å². The maximum atomic E-state index is 12.6. The van der Waals surface area contributed by atoms with Crippen LogP contribution in [0.25, 0.3) is 6.08 Å². The van der Waals surface area contributed by atoms with E-state index in [1.807, 2.05) is 30.3 Å². The van der Waals surface area contributed by atoms with Crippen LogP contribution in [0.5, 0.6) is 5.75 Å². The van der Waals surface area contributed by atoms with Crippen molar-refractivity contribution in [3.8, 4) is 11.8 Å². The lowest BCUT2D eigenvalue weighted by atomic mass is 9.98. The maximum Gasteiger partial charge on any atom is 0.274 e. The quantitative estimate of drug-likeness (QED) is 0.858. The summed E-state index contributed by atoms with van der Waals surface area (Å²) in [6.45, 7) is 1.45. The number of rotatable bonds is 5. The van der Waals surface area contributed by atoms with Crippen molar-refractivity contribution in [2.24, 2.45) is 0 Å². The Morgan fingerprint density at radius 1 is 1.19 bits per heavy atom. The molecule has 1 N–H and O–H groups in total. The molecule has 6 nitrogen and oxygen atoms in total. The van der Waals surface area contributed by atoms with Crippen molar-refractivity contribution in [2.75, 3.05) is 0 Å². The first-order chi connectivity index (χ1) is 12.9. The highest BCUT2D eigenvalue weighted by molar-refractivity contribution is 7.94. The van der Waals surface area contributed by atoms with Crippen LogP contribution < -0.4 is 9.46 Å². The Morgan fingerprint density at radius 3 is 2.74 bits per heavy atom. The molecule has 0 fully saturated rings. The first kappa shape index (κ1) is 18.7. The van der Waals surface area contributed by atoms with Gasteiger partial charge in [-0.25, -0.2) is 13.1 Å². The van der Waals surface area contributed by atoms with Crippen LogP contribution in [-0.2, 0) is 21.2 Å². The van der Waals surface area contributed by atoms with Gasteiger partial charge in [0.05, 0.1) is 16.5 Å². The summed E-state index contributed by atoms with van der Waals surface area (Å²) in [4.78, 5) is 12.5. The molecule has 3 rings (SSSR count). The number of benzene rings is 2. The number of amides is 1. The Balaban J connectivity index is 1.71. The van der Waals surface area contributed by atoms with Crippen LogP contribution in [0.3, 0.4) is 0 Å². The molecular formula is C20H18N2O4S. The molecule has 2 aromatic rings. The second-order valence-corrected chi connectivity index (χ2v) is 7.91. The van der Waals surface area contributed by atoms with Gasteiger partial charge in [-0.2, -0.15) is 5.26 Å². The van der Waals surface area contributed by atoms with E-state index in [1.165, 1.54) is 13.0 Å². The van der Waals surface area contributed by atoms with Gasteiger partial charge in [-0.15, -0.1) is 0 Å². The lowest BCUT2D eigenvalue weighted by molar-refractivity contribution is -0.125. The third-order valence-corrected chi connectivity index (χ3v) is 5.72. The van der Waals surface area contributed by atoms with E-state index < -0.39 is 22.0 Å². The summed E-state index contributed by atoms with van der Waals surface area (Å²) in [5.41, 5.74) is 2.31. The molecule has 0 spiro atoms. The lowest BCUT2D eigenvalue weighted by Crippen LogP contribution is -2.40. The first-order valence-electron chi connectivity index (χ1n) is 8.41. The van der Waals surface area contributed by atoms with Crippen LogP contribution in [0.2, 0.25) is 0 Å². The minimum Gasteiger partial charge on any atom is -0.481 e. The molecule has 1 aliphatic rings. The highest BCUT2D eigenvalue weighted by Crippen LogP contribution is 2.26. The number of carbonyl (C=O) groups is 1. The van der Waals surface area contributed by atoms with Crippen molar-refractivity contribution >= 4 is 22.0 Å². The molecule has 1 atom stereocenters. The molecule has 0 saturated heterocycles. The lowest BCUT2D eigenvalue weighted by Gasteiger charge is -2.19. The molecule has 1 amide bonds. The fourth-order valence-electron chi connectivity index (χ4n) is 2.80. The molecule has 1 unspecified atom stereocenters. The fourth-order valence-corrected chi connectivity index (χ4v) is 4.01. The summed E-state index contributed by atoms with van der Waals surface area (Å²) in [5, 5.41) is 8.90. The maximum absolute atomic E-state index is 12.6. The average Bonchev–Trinajstić information content (AvgIpc) is 2.67. The molecule has 0 saturated carbocycles. The molecule has 7 heteroatoms. The van der Waals surface area contributed by atoms with Gasteiger partial charge >= 0.3 is 0 Å². The van der Waals surface area contributed by atoms with Gasteiger partial charge in [0.15, 0.2) is 6.10 Å². The number of sulfonamides is 1. The number of aryl methyl sites for hydroxylation is 1. The number of hydrogen-bond donors (Lipinski definition) is 1. The van der Waals surface area contributed by atoms with E-state index in [1.54, 1.807) is 24.3 Å². The summed E-state index contributed by atoms with van der Waals surface area (Å²) < 4.78 is 32.7. The Kier molecular flexibility index (Phi) is 5.28. The van der Waals surface area contributed by atoms with Crippen LogP contribution in [0.1, 0.15) is 30.0 Å². The Hall–Kier alpha value is -3.11. The van der Waals surface area contributed by atoms with Crippen molar-refractivity contribution in [1.29, 1.82) is 5.26 Å². The van der Waals surface area contributed by atoms with Crippen LogP contribution in [0.4, 0.5) is 0 Å². The summed E-state index contributed by atoms with van der Waals surface area (Å²) in [6.07, 6.45) is 1.49. The van der Waals surface area contributed by atoms with E-state index in [0.717, 1.165) is 11.1 Å². The number of ether oxygens (including phenoxy) is 1. The van der Waals surface area contributed by atoms with Gasteiger partial charge in [0, 0.05) is 0 Å². The molecular weight excluding hydrogens is 364 g/mol. The van der Waals surface area contributed by atoms with Gasteiger partial charge in [0.2, 0.25) is 0 Å². The Morgan fingerprint density at radius 2 is 1.96 bits per heavy atom. The highest BCUT2D eigenvalue weighted by atomic mass is 32.2. The SMILES string of the molecule is CC(Oc1cccc(C#N)c1)C(=O)NS(=O)(=O)C1=Cc2ccccc2CC1. The van der Waals surface area contributed by atoms with Crippen molar-refractivity contribution in [3.05, 3.63) is 70.1 Å². The number of carbonyl (C=O) groups excluding carboxylic acids is 1. The van der Waals surface area contributed by atoms with E-state index >= 15 is 0 Å². The van der Waals surface area contributed by atoms with E-state index in [-0.39, 0.29) is 4.91 Å².